The van der Waals surface area contributed by atoms with E-state index in [1.54, 1.807) is 19.2 Å². The molecule has 1 saturated heterocycles. The Kier molecular flexibility index (Phi) is 6.59. The molecule has 29 heavy (non-hydrogen) atoms. The van der Waals surface area contributed by atoms with Crippen LogP contribution in [0.15, 0.2) is 53.4 Å². The van der Waals surface area contributed by atoms with E-state index in [0.29, 0.717) is 31.0 Å². The van der Waals surface area contributed by atoms with Crippen LogP contribution >= 0.6 is 0 Å². The molecule has 2 aromatic rings. The summed E-state index contributed by atoms with van der Waals surface area (Å²) in [5.41, 5.74) is 1.70. The normalized spacial score (nSPS) is 17.9. The van der Waals surface area contributed by atoms with Crippen LogP contribution in [0.25, 0.3) is 0 Å². The molecule has 1 fully saturated rings. The standard InChI is InChI=1S/C22H28N2O4S/c1-4-16(2)23-29(26,27)21-11-7-18(8-12-21)22(25)24-14-13-19(15-24)17-5-9-20(28-3)10-6-17/h5-12,16,19,23H,4,13-15H2,1-3H3. The van der Waals surface area contributed by atoms with Crippen LogP contribution in [0.1, 0.15) is 48.5 Å². The lowest BCUT2D eigenvalue weighted by molar-refractivity contribution is 0.0790. The zero-order chi connectivity index (χ0) is 21.0. The van der Waals surface area contributed by atoms with Gasteiger partial charge in [0.25, 0.3) is 5.91 Å². The number of sulfonamides is 1. The summed E-state index contributed by atoms with van der Waals surface area (Å²) in [5.74, 6) is 1.04. The van der Waals surface area contributed by atoms with Crippen molar-refractivity contribution < 1.29 is 17.9 Å². The van der Waals surface area contributed by atoms with E-state index in [2.05, 4.69) is 4.72 Å². The van der Waals surface area contributed by atoms with E-state index < -0.39 is 10.0 Å². The van der Waals surface area contributed by atoms with Gasteiger partial charge in [0, 0.05) is 30.6 Å². The Hall–Kier alpha value is -2.38. The number of carbonyl (C=O) groups is 1. The van der Waals surface area contributed by atoms with Crippen LogP contribution in [0.5, 0.6) is 5.75 Å². The Morgan fingerprint density at radius 2 is 1.83 bits per heavy atom. The first-order chi connectivity index (χ1) is 13.8. The average molecular weight is 417 g/mol. The van der Waals surface area contributed by atoms with Crippen molar-refractivity contribution >= 4 is 15.9 Å². The molecule has 0 saturated carbocycles. The third kappa shape index (κ3) is 4.97. The molecular weight excluding hydrogens is 388 g/mol. The Morgan fingerprint density at radius 1 is 1.17 bits per heavy atom. The monoisotopic (exact) mass is 416 g/mol. The maximum Gasteiger partial charge on any atom is 0.253 e. The van der Waals surface area contributed by atoms with E-state index in [-0.39, 0.29) is 16.8 Å². The fourth-order valence-electron chi connectivity index (χ4n) is 3.47. The Labute approximate surface area is 172 Å². The molecule has 156 valence electrons. The molecule has 0 bridgehead atoms. The predicted molar refractivity (Wildman–Crippen MR) is 113 cm³/mol. The summed E-state index contributed by atoms with van der Waals surface area (Å²) in [6.45, 7) is 5.08. The maximum absolute atomic E-state index is 12.9. The van der Waals surface area contributed by atoms with Gasteiger partial charge in [-0.25, -0.2) is 13.1 Å². The van der Waals surface area contributed by atoms with Crippen molar-refractivity contribution in [2.45, 2.75) is 43.5 Å². The van der Waals surface area contributed by atoms with Crippen molar-refractivity contribution in [3.05, 3.63) is 59.7 Å². The average Bonchev–Trinajstić information content (AvgIpc) is 3.23. The van der Waals surface area contributed by atoms with Crippen LogP contribution in [0.4, 0.5) is 0 Å². The number of hydrogen-bond acceptors (Lipinski definition) is 4. The maximum atomic E-state index is 12.9. The van der Waals surface area contributed by atoms with Crippen LogP contribution in [-0.2, 0) is 10.0 Å². The Bertz CT molecular complexity index is 940. The Morgan fingerprint density at radius 3 is 2.41 bits per heavy atom. The molecule has 1 N–H and O–H groups in total. The van der Waals surface area contributed by atoms with Gasteiger partial charge < -0.3 is 9.64 Å². The number of nitrogens with one attached hydrogen (secondary N) is 1. The molecule has 6 nitrogen and oxygen atoms in total. The van der Waals surface area contributed by atoms with Gasteiger partial charge in [-0.05, 0) is 61.7 Å². The third-order valence-electron chi connectivity index (χ3n) is 5.44. The molecule has 0 aromatic heterocycles. The topological polar surface area (TPSA) is 75.7 Å². The SMILES string of the molecule is CCC(C)NS(=O)(=O)c1ccc(C(=O)N2CCC(c3ccc(OC)cc3)C2)cc1. The van der Waals surface area contributed by atoms with Crippen LogP contribution in [-0.4, -0.2) is 45.5 Å². The van der Waals surface area contributed by atoms with Gasteiger partial charge in [-0.1, -0.05) is 19.1 Å². The first-order valence-electron chi connectivity index (χ1n) is 9.89. The molecule has 2 aromatic carbocycles. The number of likely N-dealkylation sites (tertiary alicyclic amines) is 1. The van der Waals surface area contributed by atoms with Gasteiger partial charge in [0.05, 0.1) is 12.0 Å². The fourth-order valence-corrected chi connectivity index (χ4v) is 4.80. The number of carbonyl (C=O) groups excluding carboxylic acids is 1. The summed E-state index contributed by atoms with van der Waals surface area (Å²) in [6, 6.07) is 14.0. The van der Waals surface area contributed by atoms with Gasteiger partial charge >= 0.3 is 0 Å². The molecule has 0 spiro atoms. The smallest absolute Gasteiger partial charge is 0.253 e. The number of benzene rings is 2. The predicted octanol–water partition coefficient (Wildman–Crippen LogP) is 3.40. The number of nitrogens with zero attached hydrogens (tertiary/aromatic N) is 1. The lowest BCUT2D eigenvalue weighted by Gasteiger charge is -2.17. The first kappa shape index (κ1) is 21.3. The van der Waals surface area contributed by atoms with Crippen LogP contribution < -0.4 is 9.46 Å². The molecule has 2 atom stereocenters. The van der Waals surface area contributed by atoms with E-state index in [1.165, 1.54) is 17.7 Å². The van der Waals surface area contributed by atoms with E-state index >= 15 is 0 Å². The number of methoxy groups -OCH3 is 1. The van der Waals surface area contributed by atoms with Crippen LogP contribution in [0, 0.1) is 0 Å². The van der Waals surface area contributed by atoms with Gasteiger partial charge in [-0.15, -0.1) is 0 Å². The molecular formula is C22H28N2O4S. The highest BCUT2D eigenvalue weighted by atomic mass is 32.2. The minimum absolute atomic E-state index is 0.0696. The number of ether oxygens (including phenoxy) is 1. The summed E-state index contributed by atoms with van der Waals surface area (Å²) in [6.07, 6.45) is 1.61. The quantitative estimate of drug-likeness (QED) is 0.751. The molecule has 1 heterocycles. The second-order valence-corrected chi connectivity index (χ2v) is 9.18. The first-order valence-corrected chi connectivity index (χ1v) is 11.4. The minimum atomic E-state index is -3.57. The highest BCUT2D eigenvalue weighted by Crippen LogP contribution is 2.29. The number of hydrogen-bond donors (Lipinski definition) is 1. The highest BCUT2D eigenvalue weighted by molar-refractivity contribution is 7.89. The number of amides is 1. The zero-order valence-corrected chi connectivity index (χ0v) is 17.9. The molecule has 0 aliphatic carbocycles. The summed E-state index contributed by atoms with van der Waals surface area (Å²) < 4.78 is 32.6. The van der Waals surface area contributed by atoms with Crippen molar-refractivity contribution in [3.63, 3.8) is 0 Å². The van der Waals surface area contributed by atoms with Crippen molar-refractivity contribution in [2.24, 2.45) is 0 Å². The second-order valence-electron chi connectivity index (χ2n) is 7.46. The Balaban J connectivity index is 1.66. The van der Waals surface area contributed by atoms with Gasteiger partial charge in [0.15, 0.2) is 0 Å². The fraction of sp³-hybridized carbons (Fsp3) is 0.409. The van der Waals surface area contributed by atoms with Crippen molar-refractivity contribution in [1.82, 2.24) is 9.62 Å². The van der Waals surface area contributed by atoms with E-state index in [4.69, 9.17) is 4.74 Å². The van der Waals surface area contributed by atoms with Crippen molar-refractivity contribution in [3.8, 4) is 5.75 Å². The molecule has 1 aliphatic rings. The lowest BCUT2D eigenvalue weighted by Crippen LogP contribution is -2.32. The van der Waals surface area contributed by atoms with Gasteiger partial charge in [-0.2, -0.15) is 0 Å². The zero-order valence-electron chi connectivity index (χ0n) is 17.1. The van der Waals surface area contributed by atoms with Crippen molar-refractivity contribution in [1.29, 1.82) is 0 Å². The molecule has 3 rings (SSSR count). The van der Waals surface area contributed by atoms with Crippen LogP contribution in [0.2, 0.25) is 0 Å². The van der Waals surface area contributed by atoms with Gasteiger partial charge in [-0.3, -0.25) is 4.79 Å². The molecule has 2 unspecified atom stereocenters. The van der Waals surface area contributed by atoms with Gasteiger partial charge in [0.2, 0.25) is 10.0 Å². The molecule has 1 amide bonds. The second kappa shape index (κ2) is 8.97. The third-order valence-corrected chi connectivity index (χ3v) is 7.05. The summed E-state index contributed by atoms with van der Waals surface area (Å²) in [7, 11) is -1.93. The summed E-state index contributed by atoms with van der Waals surface area (Å²) in [4.78, 5) is 14.9. The largest absolute Gasteiger partial charge is 0.497 e. The van der Waals surface area contributed by atoms with Gasteiger partial charge in [0.1, 0.15) is 5.75 Å². The highest BCUT2D eigenvalue weighted by Gasteiger charge is 2.28. The lowest BCUT2D eigenvalue weighted by atomic mass is 9.98. The van der Waals surface area contributed by atoms with Crippen molar-refractivity contribution in [2.75, 3.05) is 20.2 Å². The molecule has 7 heteroatoms. The molecule has 1 aliphatic heterocycles. The number of rotatable bonds is 7. The minimum Gasteiger partial charge on any atom is -0.497 e. The molecule has 0 radical (unpaired) electrons. The van der Waals surface area contributed by atoms with E-state index in [9.17, 15) is 13.2 Å². The summed E-state index contributed by atoms with van der Waals surface area (Å²) >= 11 is 0. The van der Waals surface area contributed by atoms with E-state index in [0.717, 1.165) is 12.2 Å². The summed E-state index contributed by atoms with van der Waals surface area (Å²) in [5, 5.41) is 0. The van der Waals surface area contributed by atoms with E-state index in [1.807, 2.05) is 43.0 Å². The van der Waals surface area contributed by atoms with Crippen LogP contribution in [0.3, 0.4) is 0 Å².